The molecule has 0 radical (unpaired) electrons. The van der Waals surface area contributed by atoms with Gasteiger partial charge in [0, 0.05) is 17.1 Å². The Morgan fingerprint density at radius 3 is 2.06 bits per heavy atom. The summed E-state index contributed by atoms with van der Waals surface area (Å²) in [5.74, 6) is -1.75. The van der Waals surface area contributed by atoms with Crippen LogP contribution < -0.4 is 15.4 Å². The maximum Gasteiger partial charge on any atom is 0.336 e. The second-order valence-electron chi connectivity index (χ2n) is 7.39. The predicted molar refractivity (Wildman–Crippen MR) is 122 cm³/mol. The molecule has 33 heavy (non-hydrogen) atoms. The molecule has 0 atom stereocenters. The first-order valence-electron chi connectivity index (χ1n) is 10.3. The van der Waals surface area contributed by atoms with Crippen molar-refractivity contribution in [2.75, 3.05) is 26.1 Å². The van der Waals surface area contributed by atoms with E-state index in [4.69, 9.17) is 14.2 Å². The minimum absolute atomic E-state index is 0.206. The highest BCUT2D eigenvalue weighted by Gasteiger charge is 2.37. The summed E-state index contributed by atoms with van der Waals surface area (Å²) in [5, 5.41) is 5.81. The van der Waals surface area contributed by atoms with Gasteiger partial charge in [-0.3, -0.25) is 4.79 Å². The molecule has 0 aromatic heterocycles. The molecular formula is C25H26N2O6. The quantitative estimate of drug-likeness (QED) is 0.624. The molecule has 0 aliphatic carbocycles. The van der Waals surface area contributed by atoms with Crippen molar-refractivity contribution in [1.82, 2.24) is 5.32 Å². The SMILES string of the molecule is COC(=O)C1=C(C)NC(C)=C(C(=O)OC)C1c1cccc(OCC(=O)Nc2ccccc2)c1. The first kappa shape index (κ1) is 23.6. The number of methoxy groups -OCH3 is 2. The van der Waals surface area contributed by atoms with E-state index in [-0.39, 0.29) is 12.5 Å². The Labute approximate surface area is 192 Å². The van der Waals surface area contributed by atoms with Crippen LogP contribution in [0, 0.1) is 0 Å². The molecule has 8 nitrogen and oxygen atoms in total. The standard InChI is InChI=1S/C25H26N2O6/c1-15-21(24(29)31-3)23(22(16(2)26-15)25(30)32-4)17-9-8-12-19(13-17)33-14-20(28)27-18-10-6-5-7-11-18/h5-13,23,26H,14H2,1-4H3,(H,27,28). The van der Waals surface area contributed by atoms with E-state index < -0.39 is 17.9 Å². The van der Waals surface area contributed by atoms with E-state index in [0.29, 0.717) is 39.5 Å². The number of nitrogens with one attached hydrogen (secondary N) is 2. The number of hydrogen-bond acceptors (Lipinski definition) is 7. The molecule has 0 fully saturated rings. The predicted octanol–water partition coefficient (Wildman–Crippen LogP) is 3.28. The lowest BCUT2D eigenvalue weighted by molar-refractivity contribution is -0.137. The number of esters is 2. The maximum absolute atomic E-state index is 12.6. The molecule has 0 unspecified atom stereocenters. The third-order valence-electron chi connectivity index (χ3n) is 5.19. The summed E-state index contributed by atoms with van der Waals surface area (Å²) in [6.07, 6.45) is 0. The van der Waals surface area contributed by atoms with Gasteiger partial charge >= 0.3 is 11.9 Å². The van der Waals surface area contributed by atoms with Gasteiger partial charge in [0.2, 0.25) is 0 Å². The van der Waals surface area contributed by atoms with Gasteiger partial charge in [0.15, 0.2) is 6.61 Å². The largest absolute Gasteiger partial charge is 0.484 e. The lowest BCUT2D eigenvalue weighted by Crippen LogP contribution is -2.32. The highest BCUT2D eigenvalue weighted by Crippen LogP contribution is 2.40. The number of ether oxygens (including phenoxy) is 3. The van der Waals surface area contributed by atoms with Crippen molar-refractivity contribution in [3.8, 4) is 5.75 Å². The molecule has 1 amide bonds. The van der Waals surface area contributed by atoms with Gasteiger partial charge < -0.3 is 24.8 Å². The Morgan fingerprint density at radius 2 is 1.48 bits per heavy atom. The zero-order valence-corrected chi connectivity index (χ0v) is 18.9. The lowest BCUT2D eigenvalue weighted by atomic mass is 9.80. The third-order valence-corrected chi connectivity index (χ3v) is 5.19. The van der Waals surface area contributed by atoms with Crippen molar-refractivity contribution in [1.29, 1.82) is 0 Å². The fourth-order valence-electron chi connectivity index (χ4n) is 3.74. The zero-order chi connectivity index (χ0) is 24.0. The van der Waals surface area contributed by atoms with Crippen LogP contribution in [0.25, 0.3) is 0 Å². The summed E-state index contributed by atoms with van der Waals surface area (Å²) in [6.45, 7) is 3.28. The first-order chi connectivity index (χ1) is 15.8. The zero-order valence-electron chi connectivity index (χ0n) is 18.9. The summed E-state index contributed by atoms with van der Waals surface area (Å²) >= 11 is 0. The molecule has 2 aromatic carbocycles. The highest BCUT2D eigenvalue weighted by molar-refractivity contribution is 5.99. The number of carbonyl (C=O) groups is 3. The van der Waals surface area contributed by atoms with Gasteiger partial charge in [-0.15, -0.1) is 0 Å². The van der Waals surface area contributed by atoms with Crippen LogP contribution in [0.2, 0.25) is 0 Å². The van der Waals surface area contributed by atoms with E-state index in [0.717, 1.165) is 0 Å². The molecule has 0 saturated heterocycles. The van der Waals surface area contributed by atoms with Crippen molar-refractivity contribution < 1.29 is 28.6 Å². The van der Waals surface area contributed by atoms with Gasteiger partial charge in [0.1, 0.15) is 5.75 Å². The van der Waals surface area contributed by atoms with Crippen molar-refractivity contribution in [3.05, 3.63) is 82.7 Å². The van der Waals surface area contributed by atoms with Crippen LogP contribution in [0.5, 0.6) is 5.75 Å². The molecule has 2 N–H and O–H groups in total. The number of anilines is 1. The number of para-hydroxylation sites is 1. The van der Waals surface area contributed by atoms with Crippen molar-refractivity contribution in [3.63, 3.8) is 0 Å². The number of rotatable bonds is 7. The number of carbonyl (C=O) groups excluding carboxylic acids is 3. The topological polar surface area (TPSA) is 103 Å². The van der Waals surface area contributed by atoms with Crippen molar-refractivity contribution in [2.45, 2.75) is 19.8 Å². The van der Waals surface area contributed by atoms with Crippen LogP contribution in [0.1, 0.15) is 25.3 Å². The van der Waals surface area contributed by atoms with Crippen LogP contribution in [0.3, 0.4) is 0 Å². The summed E-state index contributed by atoms with van der Waals surface area (Å²) in [7, 11) is 2.57. The summed E-state index contributed by atoms with van der Waals surface area (Å²) in [5.41, 5.74) is 3.03. The Morgan fingerprint density at radius 1 is 0.879 bits per heavy atom. The van der Waals surface area contributed by atoms with Gasteiger partial charge in [-0.25, -0.2) is 9.59 Å². The van der Waals surface area contributed by atoms with E-state index in [1.165, 1.54) is 14.2 Å². The summed E-state index contributed by atoms with van der Waals surface area (Å²) < 4.78 is 15.6. The Hall–Kier alpha value is -4.07. The number of amides is 1. The maximum atomic E-state index is 12.6. The summed E-state index contributed by atoms with van der Waals surface area (Å²) in [4.78, 5) is 37.5. The van der Waals surface area contributed by atoms with Crippen molar-refractivity contribution >= 4 is 23.5 Å². The van der Waals surface area contributed by atoms with Crippen LogP contribution in [0.15, 0.2) is 77.1 Å². The number of dihydropyridines is 1. The van der Waals surface area contributed by atoms with E-state index in [1.54, 1.807) is 50.2 Å². The van der Waals surface area contributed by atoms with Gasteiger partial charge in [0.25, 0.3) is 5.91 Å². The van der Waals surface area contributed by atoms with Gasteiger partial charge in [-0.05, 0) is 43.7 Å². The van der Waals surface area contributed by atoms with E-state index in [9.17, 15) is 14.4 Å². The second-order valence-corrected chi connectivity index (χ2v) is 7.39. The average molecular weight is 450 g/mol. The van der Waals surface area contributed by atoms with Crippen LogP contribution >= 0.6 is 0 Å². The molecule has 2 aromatic rings. The minimum atomic E-state index is -0.729. The minimum Gasteiger partial charge on any atom is -0.484 e. The Bertz CT molecular complexity index is 1080. The third kappa shape index (κ3) is 5.41. The molecule has 8 heteroatoms. The number of benzene rings is 2. The smallest absolute Gasteiger partial charge is 0.336 e. The van der Waals surface area contributed by atoms with Crippen LogP contribution in [-0.2, 0) is 23.9 Å². The monoisotopic (exact) mass is 450 g/mol. The Kier molecular flexibility index (Phi) is 7.50. The molecule has 0 spiro atoms. The van der Waals surface area contributed by atoms with Gasteiger partial charge in [0.05, 0.1) is 31.3 Å². The van der Waals surface area contributed by atoms with Crippen molar-refractivity contribution in [2.24, 2.45) is 0 Å². The number of allylic oxidation sites excluding steroid dienone is 2. The lowest BCUT2D eigenvalue weighted by Gasteiger charge is -2.30. The normalized spacial score (nSPS) is 13.8. The first-order valence-corrected chi connectivity index (χ1v) is 10.3. The highest BCUT2D eigenvalue weighted by atomic mass is 16.5. The fourth-order valence-corrected chi connectivity index (χ4v) is 3.74. The van der Waals surface area contributed by atoms with Gasteiger partial charge in [-0.1, -0.05) is 30.3 Å². The number of hydrogen-bond donors (Lipinski definition) is 2. The Balaban J connectivity index is 1.88. The summed E-state index contributed by atoms with van der Waals surface area (Å²) in [6, 6.07) is 16.0. The molecule has 3 rings (SSSR count). The van der Waals surface area contributed by atoms with Crippen LogP contribution in [0.4, 0.5) is 5.69 Å². The second kappa shape index (κ2) is 10.5. The molecule has 172 valence electrons. The molecular weight excluding hydrogens is 424 g/mol. The average Bonchev–Trinajstić information content (AvgIpc) is 2.82. The molecule has 0 bridgehead atoms. The molecule has 0 saturated carbocycles. The van der Waals surface area contributed by atoms with E-state index >= 15 is 0 Å². The fraction of sp³-hybridized carbons (Fsp3) is 0.240. The van der Waals surface area contributed by atoms with E-state index in [1.807, 2.05) is 18.2 Å². The van der Waals surface area contributed by atoms with Gasteiger partial charge in [-0.2, -0.15) is 0 Å². The van der Waals surface area contributed by atoms with Crippen LogP contribution in [-0.4, -0.2) is 38.7 Å². The molecule has 1 aliphatic rings. The molecule has 1 aliphatic heterocycles. The molecule has 1 heterocycles. The van der Waals surface area contributed by atoms with E-state index in [2.05, 4.69) is 10.6 Å².